The van der Waals surface area contributed by atoms with Crippen LogP contribution in [0.5, 0.6) is 5.75 Å². The lowest BCUT2D eigenvalue weighted by atomic mass is 9.95. The van der Waals surface area contributed by atoms with Gasteiger partial charge in [-0.25, -0.2) is 4.79 Å². The highest BCUT2D eigenvalue weighted by Crippen LogP contribution is 2.25. The van der Waals surface area contributed by atoms with Crippen LogP contribution in [0, 0.1) is 5.92 Å². The van der Waals surface area contributed by atoms with Crippen LogP contribution in [-0.4, -0.2) is 19.2 Å². The van der Waals surface area contributed by atoms with Crippen molar-refractivity contribution in [1.29, 1.82) is 0 Å². The molecule has 0 saturated carbocycles. The van der Waals surface area contributed by atoms with Gasteiger partial charge in [0.15, 0.2) is 0 Å². The summed E-state index contributed by atoms with van der Waals surface area (Å²) in [6.45, 7) is 9.12. The van der Waals surface area contributed by atoms with E-state index >= 15 is 0 Å². The van der Waals surface area contributed by atoms with E-state index in [-0.39, 0.29) is 11.9 Å². The van der Waals surface area contributed by atoms with Gasteiger partial charge in [-0.05, 0) is 42.5 Å². The van der Waals surface area contributed by atoms with Crippen molar-refractivity contribution >= 4 is 11.5 Å². The van der Waals surface area contributed by atoms with Crippen LogP contribution in [0.15, 0.2) is 30.3 Å². The first kappa shape index (κ1) is 16.3. The molecular formula is C17H24O3. The molecule has 1 rings (SSSR count). The van der Waals surface area contributed by atoms with Crippen molar-refractivity contribution in [2.45, 2.75) is 34.1 Å². The molecule has 0 unspecified atom stereocenters. The normalized spacial score (nSPS) is 11.6. The van der Waals surface area contributed by atoms with E-state index in [0.29, 0.717) is 6.61 Å². The second-order valence-electron chi connectivity index (χ2n) is 4.88. The van der Waals surface area contributed by atoms with Crippen LogP contribution in [0.3, 0.4) is 0 Å². The molecule has 0 fully saturated rings. The first-order chi connectivity index (χ1) is 9.58. The predicted molar refractivity (Wildman–Crippen MR) is 81.7 cm³/mol. The van der Waals surface area contributed by atoms with E-state index in [1.165, 1.54) is 0 Å². The number of ether oxygens (including phenoxy) is 2. The molecule has 0 aliphatic rings. The molecule has 3 nitrogen and oxygen atoms in total. The molecule has 0 amide bonds. The number of allylic oxidation sites excluding steroid dienone is 1. The molecule has 0 spiro atoms. The fourth-order valence-corrected chi connectivity index (χ4v) is 1.86. The van der Waals surface area contributed by atoms with E-state index in [4.69, 9.17) is 9.47 Å². The third kappa shape index (κ3) is 5.08. The second kappa shape index (κ2) is 8.41. The van der Waals surface area contributed by atoms with Crippen LogP contribution in [-0.2, 0) is 9.53 Å². The molecule has 0 aliphatic carbocycles. The molecule has 0 N–H and O–H groups in total. The highest BCUT2D eigenvalue weighted by atomic mass is 16.5. The average Bonchev–Trinajstić information content (AvgIpc) is 2.43. The molecule has 20 heavy (non-hydrogen) atoms. The van der Waals surface area contributed by atoms with Crippen LogP contribution in [0.2, 0.25) is 0 Å². The van der Waals surface area contributed by atoms with E-state index in [1.54, 1.807) is 13.0 Å². The van der Waals surface area contributed by atoms with Gasteiger partial charge in [-0.1, -0.05) is 32.9 Å². The van der Waals surface area contributed by atoms with Crippen LogP contribution in [0.1, 0.15) is 39.7 Å². The van der Waals surface area contributed by atoms with E-state index in [2.05, 4.69) is 20.8 Å². The third-order valence-corrected chi connectivity index (χ3v) is 2.84. The molecule has 1 aromatic carbocycles. The number of rotatable bonds is 7. The molecule has 0 aliphatic heterocycles. The minimum atomic E-state index is -0.289. The molecular weight excluding hydrogens is 252 g/mol. The van der Waals surface area contributed by atoms with E-state index in [0.717, 1.165) is 29.9 Å². The maximum atomic E-state index is 11.6. The Kier molecular flexibility index (Phi) is 6.85. The quantitative estimate of drug-likeness (QED) is 0.556. The lowest BCUT2D eigenvalue weighted by Gasteiger charge is -2.12. The summed E-state index contributed by atoms with van der Waals surface area (Å²) < 4.78 is 10.5. The minimum Gasteiger partial charge on any atom is -0.494 e. The van der Waals surface area contributed by atoms with Gasteiger partial charge in [-0.15, -0.1) is 0 Å². The molecule has 0 radical (unpaired) electrons. The number of carbonyl (C=O) groups excluding carboxylic acids is 1. The Bertz CT molecular complexity index is 444. The molecule has 0 aromatic heterocycles. The van der Waals surface area contributed by atoms with Gasteiger partial charge in [0.1, 0.15) is 5.75 Å². The summed E-state index contributed by atoms with van der Waals surface area (Å²) in [6, 6.07) is 7.84. The van der Waals surface area contributed by atoms with Gasteiger partial charge in [0, 0.05) is 6.08 Å². The van der Waals surface area contributed by atoms with Gasteiger partial charge < -0.3 is 9.47 Å². The summed E-state index contributed by atoms with van der Waals surface area (Å²) in [5.74, 6) is 0.819. The Morgan fingerprint density at radius 2 is 1.85 bits per heavy atom. The zero-order valence-electron chi connectivity index (χ0n) is 12.8. The fraction of sp³-hybridized carbons (Fsp3) is 0.471. The zero-order valence-corrected chi connectivity index (χ0v) is 12.8. The second-order valence-corrected chi connectivity index (χ2v) is 4.88. The van der Waals surface area contributed by atoms with Crippen molar-refractivity contribution in [1.82, 2.24) is 0 Å². The van der Waals surface area contributed by atoms with Crippen molar-refractivity contribution in [3.05, 3.63) is 35.9 Å². The monoisotopic (exact) mass is 276 g/mol. The lowest BCUT2D eigenvalue weighted by molar-refractivity contribution is -0.137. The number of carbonyl (C=O) groups is 1. The average molecular weight is 276 g/mol. The number of esters is 1. The van der Waals surface area contributed by atoms with Crippen molar-refractivity contribution in [3.63, 3.8) is 0 Å². The maximum absolute atomic E-state index is 11.6. The van der Waals surface area contributed by atoms with Gasteiger partial charge in [-0.3, -0.25) is 0 Å². The molecule has 0 saturated heterocycles. The van der Waals surface area contributed by atoms with Gasteiger partial charge in [-0.2, -0.15) is 0 Å². The first-order valence-corrected chi connectivity index (χ1v) is 7.20. The van der Waals surface area contributed by atoms with Crippen LogP contribution in [0.4, 0.5) is 0 Å². The maximum Gasteiger partial charge on any atom is 0.331 e. The summed E-state index contributed by atoms with van der Waals surface area (Å²) in [4.78, 5) is 11.6. The predicted octanol–water partition coefficient (Wildman–Crippen LogP) is 4.08. The fourth-order valence-electron chi connectivity index (χ4n) is 1.86. The zero-order chi connectivity index (χ0) is 15.0. The topological polar surface area (TPSA) is 35.5 Å². The van der Waals surface area contributed by atoms with Gasteiger partial charge >= 0.3 is 5.97 Å². The van der Waals surface area contributed by atoms with Crippen molar-refractivity contribution in [2.75, 3.05) is 13.2 Å². The molecule has 1 aromatic rings. The highest BCUT2D eigenvalue weighted by molar-refractivity contribution is 5.91. The third-order valence-electron chi connectivity index (χ3n) is 2.84. The Morgan fingerprint density at radius 3 is 2.35 bits per heavy atom. The van der Waals surface area contributed by atoms with Crippen LogP contribution < -0.4 is 4.74 Å². The smallest absolute Gasteiger partial charge is 0.331 e. The molecule has 110 valence electrons. The molecule has 0 heterocycles. The van der Waals surface area contributed by atoms with E-state index in [9.17, 15) is 4.79 Å². The summed E-state index contributed by atoms with van der Waals surface area (Å²) in [7, 11) is 0. The van der Waals surface area contributed by atoms with Gasteiger partial charge in [0.05, 0.1) is 13.2 Å². The molecule has 0 atom stereocenters. The molecule has 0 bridgehead atoms. The van der Waals surface area contributed by atoms with Crippen molar-refractivity contribution in [2.24, 2.45) is 5.92 Å². The van der Waals surface area contributed by atoms with Gasteiger partial charge in [0.25, 0.3) is 0 Å². The van der Waals surface area contributed by atoms with Crippen LogP contribution in [0.25, 0.3) is 5.57 Å². The summed E-state index contributed by atoms with van der Waals surface area (Å²) >= 11 is 0. The number of hydrogen-bond acceptors (Lipinski definition) is 3. The minimum absolute atomic E-state index is 0.252. The van der Waals surface area contributed by atoms with Crippen molar-refractivity contribution < 1.29 is 14.3 Å². The Labute approximate surface area is 121 Å². The Balaban J connectivity index is 2.90. The van der Waals surface area contributed by atoms with Gasteiger partial charge in [0.2, 0.25) is 0 Å². The highest BCUT2D eigenvalue weighted by Gasteiger charge is 2.10. The van der Waals surface area contributed by atoms with Crippen molar-refractivity contribution in [3.8, 4) is 5.75 Å². The first-order valence-electron chi connectivity index (χ1n) is 7.20. The number of hydrogen-bond donors (Lipinski definition) is 0. The summed E-state index contributed by atoms with van der Waals surface area (Å²) in [5.41, 5.74) is 2.00. The lowest BCUT2D eigenvalue weighted by Crippen LogP contribution is -2.04. The largest absolute Gasteiger partial charge is 0.494 e. The standard InChI is InChI=1S/C17H24O3/c1-5-11-20-15-9-7-14(8-10-15)16(13(3)4)12-17(18)19-6-2/h7-10,12-13H,5-6,11H2,1-4H3. The SMILES string of the molecule is CCCOc1ccc(C(=CC(=O)OCC)C(C)C)cc1. The summed E-state index contributed by atoms with van der Waals surface area (Å²) in [6.07, 6.45) is 2.57. The van der Waals surface area contributed by atoms with E-state index in [1.807, 2.05) is 24.3 Å². The number of benzene rings is 1. The van der Waals surface area contributed by atoms with E-state index < -0.39 is 0 Å². The Morgan fingerprint density at radius 1 is 1.20 bits per heavy atom. The Hall–Kier alpha value is -1.77. The summed E-state index contributed by atoms with van der Waals surface area (Å²) in [5, 5.41) is 0. The van der Waals surface area contributed by atoms with Crippen LogP contribution >= 0.6 is 0 Å². The molecule has 3 heteroatoms.